The summed E-state index contributed by atoms with van der Waals surface area (Å²) in [5.41, 5.74) is 0.627. The summed E-state index contributed by atoms with van der Waals surface area (Å²) in [5.74, 6) is 0.0460. The predicted octanol–water partition coefficient (Wildman–Crippen LogP) is 2.93. The number of nitrogens with one attached hydrogen (secondary N) is 2. The molecule has 2 N–H and O–H groups in total. The Kier molecular flexibility index (Phi) is 10.4. The van der Waals surface area contributed by atoms with Gasteiger partial charge in [0, 0.05) is 19.0 Å². The fourth-order valence-electron chi connectivity index (χ4n) is 3.63. The van der Waals surface area contributed by atoms with Crippen LogP contribution in [-0.2, 0) is 16.1 Å². The molecular weight excluding hydrogens is 395 g/mol. The molecule has 6 nitrogen and oxygen atoms in total. The number of ether oxygens (including phenoxy) is 1. The third-order valence-electron chi connectivity index (χ3n) is 5.07. The van der Waals surface area contributed by atoms with Crippen molar-refractivity contribution in [3.63, 3.8) is 0 Å². The van der Waals surface area contributed by atoms with E-state index in [1.165, 1.54) is 30.6 Å². The van der Waals surface area contributed by atoms with Crippen LogP contribution in [0.2, 0.25) is 0 Å². The van der Waals surface area contributed by atoms with Gasteiger partial charge in [-0.2, -0.15) is 0 Å². The maximum Gasteiger partial charge on any atom is 0.234 e. The highest BCUT2D eigenvalue weighted by Gasteiger charge is 2.40. The van der Waals surface area contributed by atoms with Gasteiger partial charge in [0.05, 0.1) is 17.7 Å². The molecule has 150 valence electrons. The van der Waals surface area contributed by atoms with Crippen LogP contribution >= 0.6 is 36.2 Å². The van der Waals surface area contributed by atoms with Crippen LogP contribution in [0.1, 0.15) is 37.8 Å². The molecule has 0 spiro atoms. The van der Waals surface area contributed by atoms with Crippen LogP contribution in [0, 0.1) is 5.41 Å². The molecule has 0 atom stereocenters. The molecular formula is C17H30Cl2N4O2S. The fraction of sp³-hybridized carbons (Fsp3) is 0.765. The quantitative estimate of drug-likeness (QED) is 0.734. The number of halogens is 2. The Morgan fingerprint density at radius 2 is 2.00 bits per heavy atom. The van der Waals surface area contributed by atoms with Crippen LogP contribution in [0.25, 0.3) is 0 Å². The van der Waals surface area contributed by atoms with Gasteiger partial charge in [0.2, 0.25) is 5.91 Å². The van der Waals surface area contributed by atoms with Gasteiger partial charge in [0.15, 0.2) is 5.13 Å². The second kappa shape index (κ2) is 11.4. The normalized spacial score (nSPS) is 19.9. The predicted molar refractivity (Wildman–Crippen MR) is 111 cm³/mol. The molecule has 2 saturated heterocycles. The third kappa shape index (κ3) is 6.04. The van der Waals surface area contributed by atoms with Gasteiger partial charge in [-0.1, -0.05) is 6.42 Å². The van der Waals surface area contributed by atoms with Crippen LogP contribution in [0.15, 0.2) is 5.38 Å². The van der Waals surface area contributed by atoms with Crippen LogP contribution in [-0.4, -0.2) is 55.7 Å². The minimum absolute atomic E-state index is 0. The van der Waals surface area contributed by atoms with Crippen molar-refractivity contribution in [1.29, 1.82) is 0 Å². The monoisotopic (exact) mass is 424 g/mol. The molecule has 1 aromatic heterocycles. The molecule has 26 heavy (non-hydrogen) atoms. The smallest absolute Gasteiger partial charge is 0.234 e. The van der Waals surface area contributed by atoms with Crippen molar-refractivity contribution in [2.24, 2.45) is 5.41 Å². The van der Waals surface area contributed by atoms with E-state index in [0.717, 1.165) is 51.3 Å². The number of aromatic nitrogens is 1. The molecule has 3 rings (SSSR count). The van der Waals surface area contributed by atoms with Gasteiger partial charge >= 0.3 is 0 Å². The van der Waals surface area contributed by atoms with E-state index in [0.29, 0.717) is 11.7 Å². The zero-order valence-electron chi connectivity index (χ0n) is 15.3. The van der Waals surface area contributed by atoms with Crippen LogP contribution in [0.3, 0.4) is 0 Å². The van der Waals surface area contributed by atoms with Gasteiger partial charge < -0.3 is 15.4 Å². The van der Waals surface area contributed by atoms with E-state index in [1.54, 1.807) is 7.11 Å². The lowest BCUT2D eigenvalue weighted by atomic mass is 9.79. The Bertz CT molecular complexity index is 541. The standard InChI is InChI=1S/C17H28N4O2S.2ClH/c1-23-13-17(5-7-18-8-6-17)15(22)20-16-19-14(12-24-16)11-21-9-3-2-4-10-21;;/h12,18H,2-11,13H2,1H3,(H,19,20,22);2*1H. The largest absolute Gasteiger partial charge is 0.384 e. The molecule has 1 aromatic rings. The minimum atomic E-state index is -0.432. The van der Waals surface area contributed by atoms with E-state index in [4.69, 9.17) is 4.74 Å². The second-order valence-electron chi connectivity index (χ2n) is 6.90. The van der Waals surface area contributed by atoms with E-state index < -0.39 is 5.41 Å². The lowest BCUT2D eigenvalue weighted by Gasteiger charge is -2.35. The highest BCUT2D eigenvalue weighted by Crippen LogP contribution is 2.31. The summed E-state index contributed by atoms with van der Waals surface area (Å²) in [4.78, 5) is 19.9. The number of amides is 1. The number of anilines is 1. The first-order chi connectivity index (χ1) is 11.7. The first kappa shape index (κ1) is 23.6. The molecule has 0 aromatic carbocycles. The topological polar surface area (TPSA) is 66.5 Å². The van der Waals surface area contributed by atoms with E-state index in [-0.39, 0.29) is 30.7 Å². The molecule has 3 heterocycles. The van der Waals surface area contributed by atoms with Gasteiger partial charge in [-0.3, -0.25) is 9.69 Å². The molecule has 0 saturated carbocycles. The van der Waals surface area contributed by atoms with Crippen LogP contribution < -0.4 is 10.6 Å². The number of piperidine rings is 2. The minimum Gasteiger partial charge on any atom is -0.384 e. The van der Waals surface area contributed by atoms with Gasteiger partial charge in [-0.15, -0.1) is 36.2 Å². The summed E-state index contributed by atoms with van der Waals surface area (Å²) in [7, 11) is 1.66. The SMILES string of the molecule is COCC1(C(=O)Nc2nc(CN3CCCCC3)cs2)CCNCC1.Cl.Cl. The first-order valence-corrected chi connectivity index (χ1v) is 9.78. The van der Waals surface area contributed by atoms with E-state index in [2.05, 4.69) is 25.9 Å². The Labute approximate surface area is 172 Å². The van der Waals surface area contributed by atoms with Gasteiger partial charge in [-0.25, -0.2) is 4.98 Å². The highest BCUT2D eigenvalue weighted by molar-refractivity contribution is 7.13. The van der Waals surface area contributed by atoms with Crippen molar-refractivity contribution >= 4 is 47.2 Å². The average Bonchev–Trinajstić information content (AvgIpc) is 3.04. The Hall–Kier alpha value is -0.440. The van der Waals surface area contributed by atoms with Crippen molar-refractivity contribution in [3.05, 3.63) is 11.1 Å². The maximum atomic E-state index is 12.8. The van der Waals surface area contributed by atoms with Crippen molar-refractivity contribution in [2.75, 3.05) is 45.2 Å². The Balaban J connectivity index is 0.00000169. The first-order valence-electron chi connectivity index (χ1n) is 8.90. The maximum absolute atomic E-state index is 12.8. The second-order valence-corrected chi connectivity index (χ2v) is 7.76. The summed E-state index contributed by atoms with van der Waals surface area (Å²) in [6.45, 7) is 5.38. The number of methoxy groups -OCH3 is 1. The van der Waals surface area contributed by atoms with Crippen molar-refractivity contribution in [1.82, 2.24) is 15.2 Å². The Morgan fingerprint density at radius 3 is 2.65 bits per heavy atom. The third-order valence-corrected chi connectivity index (χ3v) is 5.88. The number of carbonyl (C=O) groups is 1. The lowest BCUT2D eigenvalue weighted by molar-refractivity contribution is -0.130. The number of thiazole rings is 1. The highest BCUT2D eigenvalue weighted by atomic mass is 35.5. The van der Waals surface area contributed by atoms with E-state index in [9.17, 15) is 4.79 Å². The van der Waals surface area contributed by atoms with Gasteiger partial charge in [-0.05, 0) is 51.9 Å². The zero-order chi connectivity index (χ0) is 16.8. The summed E-state index contributed by atoms with van der Waals surface area (Å²) >= 11 is 1.52. The molecule has 9 heteroatoms. The number of nitrogens with zero attached hydrogens (tertiary/aromatic N) is 2. The number of likely N-dealkylation sites (tertiary alicyclic amines) is 1. The number of hydrogen-bond donors (Lipinski definition) is 2. The van der Waals surface area contributed by atoms with Crippen LogP contribution in [0.5, 0.6) is 0 Å². The van der Waals surface area contributed by atoms with Crippen molar-refractivity contribution in [3.8, 4) is 0 Å². The van der Waals surface area contributed by atoms with E-state index in [1.807, 2.05) is 0 Å². The summed E-state index contributed by atoms with van der Waals surface area (Å²) in [6, 6.07) is 0. The molecule has 0 unspecified atom stereocenters. The summed E-state index contributed by atoms with van der Waals surface area (Å²) in [5, 5.41) is 9.12. The lowest BCUT2D eigenvalue weighted by Crippen LogP contribution is -2.47. The number of carbonyl (C=O) groups excluding carboxylic acids is 1. The fourth-order valence-corrected chi connectivity index (χ4v) is 4.33. The van der Waals surface area contributed by atoms with Gasteiger partial charge in [0.25, 0.3) is 0 Å². The zero-order valence-corrected chi connectivity index (χ0v) is 17.7. The van der Waals surface area contributed by atoms with Crippen molar-refractivity contribution in [2.45, 2.75) is 38.6 Å². The molecule has 0 bridgehead atoms. The Morgan fingerprint density at radius 1 is 1.31 bits per heavy atom. The summed E-state index contributed by atoms with van der Waals surface area (Å²) < 4.78 is 5.34. The molecule has 0 radical (unpaired) electrons. The molecule has 2 aliphatic rings. The van der Waals surface area contributed by atoms with Crippen LogP contribution in [0.4, 0.5) is 5.13 Å². The molecule has 0 aliphatic carbocycles. The number of rotatable bonds is 6. The molecule has 1 amide bonds. The van der Waals surface area contributed by atoms with Crippen molar-refractivity contribution < 1.29 is 9.53 Å². The summed E-state index contributed by atoms with van der Waals surface area (Å²) in [6.07, 6.45) is 5.51. The average molecular weight is 425 g/mol. The molecule has 2 fully saturated rings. The number of hydrogen-bond acceptors (Lipinski definition) is 6. The molecule has 2 aliphatic heterocycles. The van der Waals surface area contributed by atoms with E-state index >= 15 is 0 Å². The van der Waals surface area contributed by atoms with Gasteiger partial charge in [0.1, 0.15) is 0 Å².